The molecule has 1 aliphatic rings. The predicted octanol–water partition coefficient (Wildman–Crippen LogP) is 1.07. The average molecular weight is 265 g/mol. The van der Waals surface area contributed by atoms with E-state index in [2.05, 4.69) is 0 Å². The van der Waals surface area contributed by atoms with E-state index < -0.39 is 24.0 Å². The Hall–Kier alpha value is -2.08. The van der Waals surface area contributed by atoms with Crippen LogP contribution in [0.1, 0.15) is 24.4 Å². The second-order valence-corrected chi connectivity index (χ2v) is 4.57. The Balaban J connectivity index is 2.35. The van der Waals surface area contributed by atoms with Crippen molar-refractivity contribution in [1.29, 1.82) is 0 Å². The summed E-state index contributed by atoms with van der Waals surface area (Å²) in [5.74, 6) is -2.16. The number of hydrogen-bond donors (Lipinski definition) is 3. The second kappa shape index (κ2) is 5.27. The number of aliphatic carboxylic acids is 2. The van der Waals surface area contributed by atoms with Crippen LogP contribution in [0.4, 0.5) is 0 Å². The van der Waals surface area contributed by atoms with Crippen LogP contribution in [0.15, 0.2) is 24.3 Å². The Bertz CT molecular complexity index is 502. The van der Waals surface area contributed by atoms with Crippen LogP contribution >= 0.6 is 0 Å². The number of carboxylic acids is 2. The third kappa shape index (κ3) is 2.68. The van der Waals surface area contributed by atoms with Crippen molar-refractivity contribution in [2.75, 3.05) is 6.54 Å². The topological polar surface area (TPSA) is 98.1 Å². The number of phenolic OH excluding ortho intramolecular Hbond substituents is 1. The van der Waals surface area contributed by atoms with Crippen LogP contribution in [0.2, 0.25) is 0 Å². The highest BCUT2D eigenvalue weighted by molar-refractivity contribution is 5.79. The van der Waals surface area contributed by atoms with Crippen molar-refractivity contribution >= 4 is 11.9 Å². The van der Waals surface area contributed by atoms with Crippen molar-refractivity contribution in [3.8, 4) is 5.75 Å². The lowest BCUT2D eigenvalue weighted by Gasteiger charge is -2.28. The molecule has 2 rings (SSSR count). The van der Waals surface area contributed by atoms with Crippen LogP contribution in [-0.4, -0.2) is 44.7 Å². The number of phenols is 1. The van der Waals surface area contributed by atoms with Crippen molar-refractivity contribution in [2.45, 2.75) is 24.9 Å². The van der Waals surface area contributed by atoms with Crippen molar-refractivity contribution < 1.29 is 24.9 Å². The Morgan fingerprint density at radius 2 is 2.05 bits per heavy atom. The number of benzene rings is 1. The Kier molecular flexibility index (Phi) is 3.71. The fraction of sp³-hybridized carbons (Fsp3) is 0.385. The van der Waals surface area contributed by atoms with Gasteiger partial charge in [0.05, 0.1) is 0 Å². The first kappa shape index (κ1) is 13.4. The number of carboxylic acid groups (broad SMARTS) is 2. The Morgan fingerprint density at radius 3 is 2.63 bits per heavy atom. The molecule has 0 bridgehead atoms. The van der Waals surface area contributed by atoms with E-state index in [4.69, 9.17) is 5.11 Å². The number of rotatable bonds is 4. The van der Waals surface area contributed by atoms with E-state index in [0.29, 0.717) is 24.9 Å². The summed E-state index contributed by atoms with van der Waals surface area (Å²) in [7, 11) is 0. The minimum Gasteiger partial charge on any atom is -0.508 e. The van der Waals surface area contributed by atoms with E-state index in [1.165, 1.54) is 17.0 Å². The molecular formula is C13H15NO5. The lowest BCUT2D eigenvalue weighted by atomic mass is 10.0. The van der Waals surface area contributed by atoms with Gasteiger partial charge in [0.25, 0.3) is 0 Å². The summed E-state index contributed by atoms with van der Waals surface area (Å²) in [6.07, 6.45) is 1.09. The van der Waals surface area contributed by atoms with Crippen LogP contribution < -0.4 is 0 Å². The molecule has 6 nitrogen and oxygen atoms in total. The van der Waals surface area contributed by atoms with Gasteiger partial charge in [-0.2, -0.15) is 0 Å². The number of hydrogen-bond acceptors (Lipinski definition) is 4. The third-order valence-corrected chi connectivity index (χ3v) is 3.33. The second-order valence-electron chi connectivity index (χ2n) is 4.57. The molecule has 19 heavy (non-hydrogen) atoms. The standard InChI is InChI=1S/C13H15NO5/c15-9-4-1-3-8(7-9)11(13(18)19)14-6-2-5-10(14)12(16)17/h1,3-4,7,10-11,15H,2,5-6H2,(H,16,17)(H,18,19). The summed E-state index contributed by atoms with van der Waals surface area (Å²) in [6.45, 7) is 0.420. The van der Waals surface area contributed by atoms with Gasteiger partial charge in [0.15, 0.2) is 0 Å². The molecule has 6 heteroatoms. The normalized spacial score (nSPS) is 21.2. The minimum absolute atomic E-state index is 0.0326. The van der Waals surface area contributed by atoms with Crippen LogP contribution in [0, 0.1) is 0 Å². The molecule has 1 aromatic rings. The van der Waals surface area contributed by atoms with Crippen LogP contribution in [0.3, 0.4) is 0 Å². The van der Waals surface area contributed by atoms with Gasteiger partial charge in [-0.25, -0.2) is 0 Å². The van der Waals surface area contributed by atoms with E-state index >= 15 is 0 Å². The molecular weight excluding hydrogens is 250 g/mol. The predicted molar refractivity (Wildman–Crippen MR) is 65.8 cm³/mol. The molecule has 1 fully saturated rings. The first-order chi connectivity index (χ1) is 9.00. The number of likely N-dealkylation sites (tertiary alicyclic amines) is 1. The van der Waals surface area contributed by atoms with E-state index in [-0.39, 0.29) is 5.75 Å². The highest BCUT2D eigenvalue weighted by atomic mass is 16.4. The summed E-state index contributed by atoms with van der Waals surface area (Å²) in [5.41, 5.74) is 0.389. The highest BCUT2D eigenvalue weighted by Gasteiger charge is 2.39. The molecule has 1 saturated heterocycles. The lowest BCUT2D eigenvalue weighted by molar-refractivity contribution is -0.149. The molecule has 1 aliphatic heterocycles. The molecule has 0 aliphatic carbocycles. The molecule has 0 saturated carbocycles. The molecule has 2 unspecified atom stereocenters. The van der Waals surface area contributed by atoms with E-state index in [9.17, 15) is 19.8 Å². The van der Waals surface area contributed by atoms with Gasteiger partial charge < -0.3 is 15.3 Å². The minimum atomic E-state index is -1.11. The summed E-state index contributed by atoms with van der Waals surface area (Å²) in [5, 5.41) is 27.9. The van der Waals surface area contributed by atoms with E-state index in [1.807, 2.05) is 0 Å². The zero-order valence-electron chi connectivity index (χ0n) is 10.2. The van der Waals surface area contributed by atoms with Crippen molar-refractivity contribution in [1.82, 2.24) is 4.90 Å². The average Bonchev–Trinajstić information content (AvgIpc) is 2.78. The van der Waals surface area contributed by atoms with Gasteiger partial charge in [0, 0.05) is 6.54 Å². The molecule has 3 N–H and O–H groups in total. The summed E-state index contributed by atoms with van der Waals surface area (Å²) in [6, 6.07) is 4.10. The third-order valence-electron chi connectivity index (χ3n) is 3.33. The smallest absolute Gasteiger partial charge is 0.325 e. The summed E-state index contributed by atoms with van der Waals surface area (Å²) >= 11 is 0. The van der Waals surface area contributed by atoms with E-state index in [1.54, 1.807) is 12.1 Å². The fourth-order valence-corrected chi connectivity index (χ4v) is 2.53. The molecule has 0 spiro atoms. The summed E-state index contributed by atoms with van der Waals surface area (Å²) < 4.78 is 0. The number of nitrogens with zero attached hydrogens (tertiary/aromatic N) is 1. The van der Waals surface area contributed by atoms with Gasteiger partial charge in [-0.3, -0.25) is 14.5 Å². The maximum absolute atomic E-state index is 11.5. The van der Waals surface area contributed by atoms with Crippen molar-refractivity contribution in [2.24, 2.45) is 0 Å². The monoisotopic (exact) mass is 265 g/mol. The van der Waals surface area contributed by atoms with Crippen molar-refractivity contribution in [3.63, 3.8) is 0 Å². The highest BCUT2D eigenvalue weighted by Crippen LogP contribution is 2.31. The van der Waals surface area contributed by atoms with Crippen LogP contribution in [-0.2, 0) is 9.59 Å². The molecule has 0 radical (unpaired) electrons. The van der Waals surface area contributed by atoms with Crippen LogP contribution in [0.25, 0.3) is 0 Å². The number of aromatic hydroxyl groups is 1. The van der Waals surface area contributed by atoms with Gasteiger partial charge in [0.2, 0.25) is 0 Å². The quantitative estimate of drug-likeness (QED) is 0.753. The Morgan fingerprint density at radius 1 is 1.32 bits per heavy atom. The molecule has 102 valence electrons. The number of carbonyl (C=O) groups is 2. The van der Waals surface area contributed by atoms with E-state index in [0.717, 1.165) is 0 Å². The fourth-order valence-electron chi connectivity index (χ4n) is 2.53. The van der Waals surface area contributed by atoms with Gasteiger partial charge in [0.1, 0.15) is 17.8 Å². The molecule has 1 heterocycles. The van der Waals surface area contributed by atoms with Gasteiger partial charge >= 0.3 is 11.9 Å². The first-order valence-corrected chi connectivity index (χ1v) is 6.01. The SMILES string of the molecule is O=C(O)C1CCCN1C(C(=O)O)c1cccc(O)c1. The lowest BCUT2D eigenvalue weighted by Crippen LogP contribution is -2.41. The van der Waals surface area contributed by atoms with Crippen LogP contribution in [0.5, 0.6) is 5.75 Å². The molecule has 1 aromatic carbocycles. The Labute approximate surface area is 109 Å². The van der Waals surface area contributed by atoms with Crippen molar-refractivity contribution in [3.05, 3.63) is 29.8 Å². The molecule has 0 aromatic heterocycles. The van der Waals surface area contributed by atoms with Gasteiger partial charge in [-0.1, -0.05) is 12.1 Å². The zero-order chi connectivity index (χ0) is 14.0. The maximum Gasteiger partial charge on any atom is 0.325 e. The molecule has 0 amide bonds. The first-order valence-electron chi connectivity index (χ1n) is 6.01. The van der Waals surface area contributed by atoms with Gasteiger partial charge in [-0.15, -0.1) is 0 Å². The van der Waals surface area contributed by atoms with Gasteiger partial charge in [-0.05, 0) is 30.5 Å². The zero-order valence-corrected chi connectivity index (χ0v) is 10.2. The molecule has 2 atom stereocenters. The largest absolute Gasteiger partial charge is 0.508 e. The maximum atomic E-state index is 11.5. The summed E-state index contributed by atoms with van der Waals surface area (Å²) in [4.78, 5) is 24.1.